The van der Waals surface area contributed by atoms with Crippen molar-refractivity contribution in [3.63, 3.8) is 0 Å². The molecular weight excluding hydrogens is 376 g/mol. The van der Waals surface area contributed by atoms with Crippen LogP contribution in [0.5, 0.6) is 0 Å². The average Bonchev–Trinajstić information content (AvgIpc) is 2.69. The molecule has 0 aliphatic carbocycles. The van der Waals surface area contributed by atoms with Gasteiger partial charge in [-0.25, -0.2) is 0 Å². The van der Waals surface area contributed by atoms with Crippen LogP contribution in [0.25, 0.3) is 10.9 Å². The van der Waals surface area contributed by atoms with Gasteiger partial charge in [-0.1, -0.05) is 0 Å². The number of hydrogen-bond donors (Lipinski definition) is 4. The van der Waals surface area contributed by atoms with E-state index in [1.807, 2.05) is 6.07 Å². The number of carboxylic acid groups (broad SMARTS) is 1. The van der Waals surface area contributed by atoms with Gasteiger partial charge in [-0.3, -0.25) is 29.5 Å². The van der Waals surface area contributed by atoms with Gasteiger partial charge in [0.1, 0.15) is 6.04 Å². The fraction of sp³-hybridized carbons (Fsp3) is 0.350. The number of fused-ring (bicyclic) bond motifs is 1. The van der Waals surface area contributed by atoms with Gasteiger partial charge in [0, 0.05) is 36.7 Å². The third kappa shape index (κ3) is 5.07. The molecule has 4 N–H and O–H groups in total. The van der Waals surface area contributed by atoms with Crippen LogP contribution in [0.4, 0.5) is 5.69 Å². The third-order valence-corrected chi connectivity index (χ3v) is 4.69. The molecule has 29 heavy (non-hydrogen) atoms. The largest absolute Gasteiger partial charge is 0.481 e. The summed E-state index contributed by atoms with van der Waals surface area (Å²) in [5, 5.41) is 17.6. The minimum atomic E-state index is -0.814. The Morgan fingerprint density at radius 3 is 2.79 bits per heavy atom. The number of carboxylic acids is 1. The molecule has 1 unspecified atom stereocenters. The Bertz CT molecular complexity index is 959. The second-order valence-corrected chi connectivity index (χ2v) is 6.82. The first-order chi connectivity index (χ1) is 14.0. The summed E-state index contributed by atoms with van der Waals surface area (Å²) in [5.74, 6) is -2.10. The summed E-state index contributed by atoms with van der Waals surface area (Å²) < 4.78 is 0. The molecule has 0 bridgehead atoms. The summed E-state index contributed by atoms with van der Waals surface area (Å²) in [6.45, 7) is 0.596. The molecule has 1 aromatic heterocycles. The molecule has 1 saturated heterocycles. The predicted octanol–water partition coefficient (Wildman–Crippen LogP) is 1.44. The van der Waals surface area contributed by atoms with Crippen LogP contribution in [0, 0.1) is 0 Å². The second-order valence-electron chi connectivity index (χ2n) is 6.82. The SMILES string of the molecule is O=C(O)CCCCNc1ccc(C(=O)NC2CCC(=O)NC2=O)c2ncccc12. The fourth-order valence-electron chi connectivity index (χ4n) is 3.20. The van der Waals surface area contributed by atoms with Crippen molar-refractivity contribution < 1.29 is 24.3 Å². The Morgan fingerprint density at radius 2 is 2.03 bits per heavy atom. The van der Waals surface area contributed by atoms with Crippen LogP contribution in [-0.4, -0.2) is 46.4 Å². The summed E-state index contributed by atoms with van der Waals surface area (Å²) in [6, 6.07) is 6.24. The number of hydrogen-bond acceptors (Lipinski definition) is 6. The number of amides is 3. The number of piperidine rings is 1. The van der Waals surface area contributed by atoms with Crippen LogP contribution in [0.2, 0.25) is 0 Å². The van der Waals surface area contributed by atoms with Gasteiger partial charge in [0.05, 0.1) is 11.1 Å². The van der Waals surface area contributed by atoms with Gasteiger partial charge < -0.3 is 15.7 Å². The zero-order chi connectivity index (χ0) is 20.8. The van der Waals surface area contributed by atoms with E-state index in [4.69, 9.17) is 5.11 Å². The highest BCUT2D eigenvalue weighted by Crippen LogP contribution is 2.25. The normalized spacial score (nSPS) is 16.3. The Morgan fingerprint density at radius 1 is 1.21 bits per heavy atom. The maximum atomic E-state index is 12.7. The van der Waals surface area contributed by atoms with Crippen molar-refractivity contribution in [1.29, 1.82) is 0 Å². The number of carbonyl (C=O) groups excluding carboxylic acids is 3. The van der Waals surface area contributed by atoms with Crippen molar-refractivity contribution in [3.05, 3.63) is 36.0 Å². The minimum absolute atomic E-state index is 0.128. The van der Waals surface area contributed by atoms with Crippen molar-refractivity contribution in [3.8, 4) is 0 Å². The number of benzene rings is 1. The highest BCUT2D eigenvalue weighted by Gasteiger charge is 2.28. The van der Waals surface area contributed by atoms with E-state index in [1.54, 1.807) is 24.4 Å². The molecule has 2 aromatic rings. The third-order valence-electron chi connectivity index (χ3n) is 4.69. The predicted molar refractivity (Wildman–Crippen MR) is 105 cm³/mol. The van der Waals surface area contributed by atoms with Crippen molar-refractivity contribution in [1.82, 2.24) is 15.6 Å². The molecule has 3 rings (SSSR count). The molecule has 1 aliphatic heterocycles. The highest BCUT2D eigenvalue weighted by molar-refractivity contribution is 6.10. The van der Waals surface area contributed by atoms with Crippen molar-refractivity contribution in [2.45, 2.75) is 38.1 Å². The fourth-order valence-corrected chi connectivity index (χ4v) is 3.20. The lowest BCUT2D eigenvalue weighted by atomic mass is 10.0. The zero-order valence-corrected chi connectivity index (χ0v) is 15.7. The van der Waals surface area contributed by atoms with Crippen LogP contribution in [0.15, 0.2) is 30.5 Å². The Hall–Kier alpha value is -3.49. The van der Waals surface area contributed by atoms with Gasteiger partial charge in [-0.15, -0.1) is 0 Å². The van der Waals surface area contributed by atoms with Gasteiger partial charge >= 0.3 is 5.97 Å². The standard InChI is InChI=1S/C20H22N4O5/c25-16-9-8-15(20(29)24-16)23-19(28)13-6-7-14(12-4-3-11-22-18(12)13)21-10-2-1-5-17(26)27/h3-4,6-7,11,15,21H,1-2,5,8-10H2,(H,23,28)(H,26,27)(H,24,25,29). The van der Waals surface area contributed by atoms with Crippen LogP contribution >= 0.6 is 0 Å². The van der Waals surface area contributed by atoms with Gasteiger partial charge in [-0.05, 0) is 43.5 Å². The summed E-state index contributed by atoms with van der Waals surface area (Å²) >= 11 is 0. The molecule has 0 spiro atoms. The molecule has 152 valence electrons. The van der Waals surface area contributed by atoms with E-state index in [-0.39, 0.29) is 25.2 Å². The Balaban J connectivity index is 1.72. The number of carbonyl (C=O) groups is 4. The number of aliphatic carboxylic acids is 1. The molecule has 0 saturated carbocycles. The van der Waals surface area contributed by atoms with Crippen LogP contribution in [-0.2, 0) is 14.4 Å². The molecule has 9 heteroatoms. The number of nitrogens with zero attached hydrogens (tertiary/aromatic N) is 1. The Labute approximate surface area is 166 Å². The smallest absolute Gasteiger partial charge is 0.303 e. The van der Waals surface area contributed by atoms with Gasteiger partial charge in [0.15, 0.2) is 0 Å². The van der Waals surface area contributed by atoms with Gasteiger partial charge in [0.25, 0.3) is 5.91 Å². The summed E-state index contributed by atoms with van der Waals surface area (Å²) in [5.41, 5.74) is 1.62. The number of pyridine rings is 1. The summed E-state index contributed by atoms with van der Waals surface area (Å²) in [7, 11) is 0. The molecule has 9 nitrogen and oxygen atoms in total. The van der Waals surface area contributed by atoms with Crippen molar-refractivity contribution in [2.24, 2.45) is 0 Å². The number of nitrogens with one attached hydrogen (secondary N) is 3. The topological polar surface area (TPSA) is 137 Å². The molecule has 1 aliphatic rings. The second kappa shape index (κ2) is 9.13. The van der Waals surface area contributed by atoms with E-state index in [1.165, 1.54) is 0 Å². The quantitative estimate of drug-likeness (QED) is 0.390. The summed E-state index contributed by atoms with van der Waals surface area (Å²) in [4.78, 5) is 50.8. The molecular formula is C20H22N4O5. The van der Waals surface area contributed by atoms with Crippen LogP contribution in [0.1, 0.15) is 42.5 Å². The lowest BCUT2D eigenvalue weighted by molar-refractivity contribution is -0.137. The van der Waals surface area contributed by atoms with E-state index in [2.05, 4.69) is 20.9 Å². The first-order valence-corrected chi connectivity index (χ1v) is 9.43. The first kappa shape index (κ1) is 20.2. The Kier molecular flexibility index (Phi) is 6.38. The maximum absolute atomic E-state index is 12.7. The first-order valence-electron chi connectivity index (χ1n) is 9.43. The zero-order valence-electron chi connectivity index (χ0n) is 15.7. The van der Waals surface area contributed by atoms with Crippen molar-refractivity contribution >= 4 is 40.3 Å². The molecule has 1 aromatic carbocycles. The number of aromatic nitrogens is 1. The number of unbranched alkanes of at least 4 members (excludes halogenated alkanes) is 1. The van der Waals surface area contributed by atoms with E-state index in [0.29, 0.717) is 30.5 Å². The molecule has 3 amide bonds. The number of anilines is 1. The molecule has 0 radical (unpaired) electrons. The number of imide groups is 1. The van der Waals surface area contributed by atoms with Crippen LogP contribution < -0.4 is 16.0 Å². The highest BCUT2D eigenvalue weighted by atomic mass is 16.4. The molecule has 1 atom stereocenters. The minimum Gasteiger partial charge on any atom is -0.481 e. The lowest BCUT2D eigenvalue weighted by Gasteiger charge is -2.22. The monoisotopic (exact) mass is 398 g/mol. The van der Waals surface area contributed by atoms with Gasteiger partial charge in [-0.2, -0.15) is 0 Å². The van der Waals surface area contributed by atoms with E-state index in [0.717, 1.165) is 11.1 Å². The van der Waals surface area contributed by atoms with E-state index >= 15 is 0 Å². The lowest BCUT2D eigenvalue weighted by Crippen LogP contribution is -2.52. The van der Waals surface area contributed by atoms with Crippen LogP contribution in [0.3, 0.4) is 0 Å². The molecule has 2 heterocycles. The van der Waals surface area contributed by atoms with Gasteiger partial charge in [0.2, 0.25) is 11.8 Å². The summed E-state index contributed by atoms with van der Waals surface area (Å²) in [6.07, 6.45) is 3.43. The van der Waals surface area contributed by atoms with E-state index in [9.17, 15) is 19.2 Å². The molecule has 1 fully saturated rings. The maximum Gasteiger partial charge on any atom is 0.303 e. The van der Waals surface area contributed by atoms with E-state index < -0.39 is 23.8 Å². The number of rotatable bonds is 8. The average molecular weight is 398 g/mol. The van der Waals surface area contributed by atoms with Crippen molar-refractivity contribution in [2.75, 3.05) is 11.9 Å².